The first-order chi connectivity index (χ1) is 13.5. The van der Waals surface area contributed by atoms with Crippen LogP contribution in [0.2, 0.25) is 10.0 Å². The number of H-pyrrole nitrogens is 2. The first kappa shape index (κ1) is 18.1. The van der Waals surface area contributed by atoms with Gasteiger partial charge in [0.05, 0.1) is 15.7 Å². The molecule has 0 atom stereocenters. The summed E-state index contributed by atoms with van der Waals surface area (Å²) in [4.78, 5) is 26.6. The van der Waals surface area contributed by atoms with Gasteiger partial charge in [0, 0.05) is 28.9 Å². The van der Waals surface area contributed by atoms with Crippen molar-refractivity contribution in [3.63, 3.8) is 0 Å². The van der Waals surface area contributed by atoms with Gasteiger partial charge in [0.15, 0.2) is 5.82 Å². The van der Waals surface area contributed by atoms with Crippen LogP contribution in [0.5, 0.6) is 0 Å². The van der Waals surface area contributed by atoms with Crippen molar-refractivity contribution in [2.24, 2.45) is 0 Å². The van der Waals surface area contributed by atoms with Crippen molar-refractivity contribution in [3.05, 3.63) is 75.1 Å². The topological polar surface area (TPSA) is 103 Å². The third-order valence-corrected chi connectivity index (χ3v) is 4.91. The molecule has 140 valence electrons. The second-order valence-electron chi connectivity index (χ2n) is 5.96. The molecule has 0 aliphatic carbocycles. The fourth-order valence-electron chi connectivity index (χ4n) is 2.78. The number of fused-ring (bicyclic) bond motifs is 1. The Balaban J connectivity index is 1.49. The summed E-state index contributed by atoms with van der Waals surface area (Å²) in [6.45, 7) is 0. The molecule has 0 fully saturated rings. The molecule has 0 radical (unpaired) electrons. The summed E-state index contributed by atoms with van der Waals surface area (Å²) in [5, 5.41) is 14.3. The van der Waals surface area contributed by atoms with Crippen LogP contribution in [-0.2, 0) is 0 Å². The van der Waals surface area contributed by atoms with Gasteiger partial charge >= 0.3 is 6.03 Å². The summed E-state index contributed by atoms with van der Waals surface area (Å²) in [6, 6.07) is 13.2. The summed E-state index contributed by atoms with van der Waals surface area (Å²) in [7, 11) is 0. The molecule has 4 rings (SSSR count). The van der Waals surface area contributed by atoms with Crippen LogP contribution in [0.25, 0.3) is 22.0 Å². The number of rotatable bonds is 3. The molecule has 0 saturated heterocycles. The molecule has 2 heterocycles. The van der Waals surface area contributed by atoms with Crippen molar-refractivity contribution < 1.29 is 4.79 Å². The van der Waals surface area contributed by atoms with Crippen molar-refractivity contribution in [3.8, 4) is 11.3 Å². The number of hydrogen-bond donors (Lipinski definition) is 4. The molecule has 2 aromatic heterocycles. The fourth-order valence-corrected chi connectivity index (χ4v) is 3.19. The number of carbonyl (C=O) groups is 1. The van der Waals surface area contributed by atoms with Gasteiger partial charge < -0.3 is 10.3 Å². The standard InChI is InChI=1S/C19H13Cl2N5O2/c20-14-3-1-2-13(17(14)21)15-9-16(26-25-15)24-19(28)23-11-4-5-12-10(8-11)6-7-22-18(12)27/h1-9H,(H,22,27)(H3,23,24,25,26,28). The SMILES string of the molecule is O=C(Nc1ccc2c(=O)[nH]ccc2c1)Nc1cc(-c2cccc(Cl)c2Cl)[nH]n1. The Morgan fingerprint density at radius 2 is 1.89 bits per heavy atom. The van der Waals surface area contributed by atoms with E-state index in [0.717, 1.165) is 5.39 Å². The highest BCUT2D eigenvalue weighted by Gasteiger charge is 2.12. The van der Waals surface area contributed by atoms with Crippen LogP contribution < -0.4 is 16.2 Å². The number of benzene rings is 2. The van der Waals surface area contributed by atoms with E-state index in [1.54, 1.807) is 54.7 Å². The molecule has 0 aliphatic heterocycles. The Bertz CT molecular complexity index is 1250. The number of nitrogens with one attached hydrogen (secondary N) is 4. The second kappa shape index (κ2) is 7.38. The molecule has 0 bridgehead atoms. The molecule has 28 heavy (non-hydrogen) atoms. The maximum Gasteiger partial charge on any atom is 0.324 e. The van der Waals surface area contributed by atoms with Crippen LogP contribution in [0, 0.1) is 0 Å². The van der Waals surface area contributed by atoms with Crippen LogP contribution in [0.1, 0.15) is 0 Å². The molecular formula is C19H13Cl2N5O2. The first-order valence-corrected chi connectivity index (χ1v) is 8.96. The highest BCUT2D eigenvalue weighted by atomic mass is 35.5. The van der Waals surface area contributed by atoms with Crippen molar-refractivity contribution in [1.82, 2.24) is 15.2 Å². The summed E-state index contributed by atoms with van der Waals surface area (Å²) < 4.78 is 0. The second-order valence-corrected chi connectivity index (χ2v) is 6.74. The van der Waals surface area contributed by atoms with Crippen LogP contribution >= 0.6 is 23.2 Å². The van der Waals surface area contributed by atoms with Crippen molar-refractivity contribution in [1.29, 1.82) is 0 Å². The van der Waals surface area contributed by atoms with E-state index in [0.29, 0.717) is 38.2 Å². The van der Waals surface area contributed by atoms with Crippen LogP contribution in [0.3, 0.4) is 0 Å². The van der Waals surface area contributed by atoms with Gasteiger partial charge in [-0.3, -0.25) is 15.2 Å². The minimum Gasteiger partial charge on any atom is -0.329 e. The number of urea groups is 1. The number of amides is 2. The largest absolute Gasteiger partial charge is 0.329 e. The monoisotopic (exact) mass is 413 g/mol. The van der Waals surface area contributed by atoms with E-state index in [1.165, 1.54) is 0 Å². The molecule has 0 saturated carbocycles. The lowest BCUT2D eigenvalue weighted by atomic mass is 10.1. The lowest BCUT2D eigenvalue weighted by Crippen LogP contribution is -2.19. The Morgan fingerprint density at radius 1 is 1.04 bits per heavy atom. The number of pyridine rings is 1. The van der Waals surface area contributed by atoms with Crippen LogP contribution in [-0.4, -0.2) is 21.2 Å². The van der Waals surface area contributed by atoms with Gasteiger partial charge in [0.1, 0.15) is 0 Å². The average Bonchev–Trinajstić information content (AvgIpc) is 3.12. The molecule has 0 aliphatic rings. The van der Waals surface area contributed by atoms with Crippen LogP contribution in [0.15, 0.2) is 59.5 Å². The van der Waals surface area contributed by atoms with E-state index >= 15 is 0 Å². The number of nitrogens with zero attached hydrogens (tertiary/aromatic N) is 1. The predicted octanol–water partition coefficient (Wildman–Crippen LogP) is 4.87. The number of anilines is 2. The van der Waals surface area contributed by atoms with Crippen molar-refractivity contribution >= 4 is 51.5 Å². The number of aromatic amines is 2. The molecule has 7 nitrogen and oxygen atoms in total. The number of halogens is 2. The molecule has 0 unspecified atom stereocenters. The van der Waals surface area contributed by atoms with Gasteiger partial charge in [-0.15, -0.1) is 0 Å². The van der Waals surface area contributed by atoms with Crippen LogP contribution in [0.4, 0.5) is 16.3 Å². The van der Waals surface area contributed by atoms with E-state index in [-0.39, 0.29) is 5.56 Å². The highest BCUT2D eigenvalue weighted by Crippen LogP contribution is 2.33. The molecule has 4 N–H and O–H groups in total. The van der Waals surface area contributed by atoms with E-state index in [2.05, 4.69) is 25.8 Å². The summed E-state index contributed by atoms with van der Waals surface area (Å²) >= 11 is 12.2. The molecular weight excluding hydrogens is 401 g/mol. The summed E-state index contributed by atoms with van der Waals surface area (Å²) in [5.41, 5.74) is 1.66. The van der Waals surface area contributed by atoms with E-state index in [9.17, 15) is 9.59 Å². The third-order valence-electron chi connectivity index (χ3n) is 4.09. The Morgan fingerprint density at radius 3 is 2.75 bits per heavy atom. The van der Waals surface area contributed by atoms with Crippen molar-refractivity contribution in [2.45, 2.75) is 0 Å². The van der Waals surface area contributed by atoms with E-state index in [4.69, 9.17) is 23.2 Å². The average molecular weight is 414 g/mol. The molecule has 2 amide bonds. The summed E-state index contributed by atoms with van der Waals surface area (Å²) in [5.74, 6) is 0.320. The number of aromatic nitrogens is 3. The lowest BCUT2D eigenvalue weighted by molar-refractivity contribution is 0.262. The maximum absolute atomic E-state index is 12.3. The van der Waals surface area contributed by atoms with Crippen molar-refractivity contribution in [2.75, 3.05) is 10.6 Å². The molecule has 9 heteroatoms. The molecule has 0 spiro atoms. The lowest BCUT2D eigenvalue weighted by Gasteiger charge is -2.06. The van der Waals surface area contributed by atoms with Gasteiger partial charge in [0.2, 0.25) is 0 Å². The number of hydrogen-bond acceptors (Lipinski definition) is 3. The zero-order chi connectivity index (χ0) is 19.7. The van der Waals surface area contributed by atoms with Gasteiger partial charge in [0.25, 0.3) is 5.56 Å². The Hall–Kier alpha value is -3.29. The zero-order valence-electron chi connectivity index (χ0n) is 14.2. The zero-order valence-corrected chi connectivity index (χ0v) is 15.7. The van der Waals surface area contributed by atoms with E-state index < -0.39 is 6.03 Å². The molecule has 4 aromatic rings. The minimum absolute atomic E-state index is 0.183. The van der Waals surface area contributed by atoms with Gasteiger partial charge in [-0.05, 0) is 35.7 Å². The van der Waals surface area contributed by atoms with Gasteiger partial charge in [-0.25, -0.2) is 4.79 Å². The number of carbonyl (C=O) groups excluding carboxylic acids is 1. The maximum atomic E-state index is 12.3. The first-order valence-electron chi connectivity index (χ1n) is 8.20. The smallest absolute Gasteiger partial charge is 0.324 e. The highest BCUT2D eigenvalue weighted by molar-refractivity contribution is 6.43. The summed E-state index contributed by atoms with van der Waals surface area (Å²) in [6.07, 6.45) is 1.56. The van der Waals surface area contributed by atoms with E-state index in [1.807, 2.05) is 0 Å². The Labute approximate surface area is 168 Å². The normalized spacial score (nSPS) is 10.8. The Kier molecular flexibility index (Phi) is 4.77. The minimum atomic E-state index is -0.473. The fraction of sp³-hybridized carbons (Fsp3) is 0. The van der Waals surface area contributed by atoms with Gasteiger partial charge in [-0.2, -0.15) is 5.10 Å². The third kappa shape index (κ3) is 3.58. The quantitative estimate of drug-likeness (QED) is 0.385. The predicted molar refractivity (Wildman–Crippen MR) is 111 cm³/mol. The van der Waals surface area contributed by atoms with Gasteiger partial charge in [-0.1, -0.05) is 35.3 Å². The molecule has 2 aromatic carbocycles.